The van der Waals surface area contributed by atoms with E-state index in [1.54, 1.807) is 11.0 Å². The SMILES string of the molecule is O=C(c1ccc(F)c(F)c1)N1CCC(c2c[nH]c3ccc(F)cc23)CC1. The predicted molar refractivity (Wildman–Crippen MR) is 92.5 cm³/mol. The maximum absolute atomic E-state index is 13.6. The molecule has 1 aromatic heterocycles. The van der Waals surface area contributed by atoms with Gasteiger partial charge in [0.1, 0.15) is 5.82 Å². The van der Waals surface area contributed by atoms with Gasteiger partial charge in [0.2, 0.25) is 0 Å². The number of hydrogen-bond acceptors (Lipinski definition) is 1. The van der Waals surface area contributed by atoms with Crippen molar-refractivity contribution >= 4 is 16.8 Å². The third kappa shape index (κ3) is 2.96. The summed E-state index contributed by atoms with van der Waals surface area (Å²) in [5.41, 5.74) is 2.10. The van der Waals surface area contributed by atoms with Crippen LogP contribution in [0.2, 0.25) is 0 Å². The van der Waals surface area contributed by atoms with E-state index < -0.39 is 11.6 Å². The number of aromatic nitrogens is 1. The summed E-state index contributed by atoms with van der Waals surface area (Å²) in [5, 5.41) is 0.871. The molecular formula is C20H17F3N2O. The van der Waals surface area contributed by atoms with E-state index in [9.17, 15) is 18.0 Å². The predicted octanol–water partition coefficient (Wildman–Crippen LogP) is 4.61. The van der Waals surface area contributed by atoms with Gasteiger partial charge < -0.3 is 9.88 Å². The molecule has 1 aliphatic rings. The van der Waals surface area contributed by atoms with Gasteiger partial charge in [-0.15, -0.1) is 0 Å². The zero-order valence-corrected chi connectivity index (χ0v) is 13.9. The van der Waals surface area contributed by atoms with Crippen LogP contribution in [0.25, 0.3) is 10.9 Å². The van der Waals surface area contributed by atoms with Gasteiger partial charge in [-0.3, -0.25) is 4.79 Å². The Kier molecular flexibility index (Phi) is 4.18. The van der Waals surface area contributed by atoms with Crippen molar-refractivity contribution in [1.29, 1.82) is 0 Å². The lowest BCUT2D eigenvalue weighted by Crippen LogP contribution is -2.38. The van der Waals surface area contributed by atoms with E-state index in [0.717, 1.165) is 41.4 Å². The number of aromatic amines is 1. The fourth-order valence-electron chi connectivity index (χ4n) is 3.66. The zero-order chi connectivity index (χ0) is 18.3. The number of hydrogen-bond donors (Lipinski definition) is 1. The lowest BCUT2D eigenvalue weighted by atomic mass is 9.89. The van der Waals surface area contributed by atoms with Gasteiger partial charge in [0.25, 0.3) is 5.91 Å². The Balaban J connectivity index is 1.49. The molecule has 0 aliphatic carbocycles. The molecule has 0 saturated carbocycles. The standard InChI is InChI=1S/C20H17F3N2O/c21-14-2-4-19-15(10-14)16(11-24-19)12-5-7-25(8-6-12)20(26)13-1-3-17(22)18(23)9-13/h1-4,9-12,24H,5-8H2. The quantitative estimate of drug-likeness (QED) is 0.714. The number of carbonyl (C=O) groups excluding carboxylic acids is 1. The molecule has 0 unspecified atom stereocenters. The highest BCUT2D eigenvalue weighted by molar-refractivity contribution is 5.94. The first kappa shape index (κ1) is 16.7. The first-order valence-corrected chi connectivity index (χ1v) is 8.54. The molecule has 1 amide bonds. The van der Waals surface area contributed by atoms with Crippen LogP contribution in [0.4, 0.5) is 13.2 Å². The Morgan fingerprint density at radius 2 is 1.77 bits per heavy atom. The molecule has 1 N–H and O–H groups in total. The van der Waals surface area contributed by atoms with Crippen LogP contribution in [-0.4, -0.2) is 28.9 Å². The van der Waals surface area contributed by atoms with Crippen molar-refractivity contribution in [3.05, 3.63) is 71.2 Å². The van der Waals surface area contributed by atoms with Crippen molar-refractivity contribution < 1.29 is 18.0 Å². The molecule has 0 atom stereocenters. The van der Waals surface area contributed by atoms with Crippen molar-refractivity contribution in [2.24, 2.45) is 0 Å². The number of nitrogens with zero attached hydrogens (tertiary/aromatic N) is 1. The lowest BCUT2D eigenvalue weighted by Gasteiger charge is -2.32. The summed E-state index contributed by atoms with van der Waals surface area (Å²) in [6.45, 7) is 1.04. The molecule has 134 valence electrons. The van der Waals surface area contributed by atoms with Gasteiger partial charge in [-0.25, -0.2) is 13.2 Å². The third-order valence-electron chi connectivity index (χ3n) is 5.06. The molecule has 4 rings (SSSR count). The van der Waals surface area contributed by atoms with Gasteiger partial charge in [-0.1, -0.05) is 0 Å². The monoisotopic (exact) mass is 358 g/mol. The van der Waals surface area contributed by atoms with E-state index in [1.165, 1.54) is 18.2 Å². The average Bonchev–Trinajstić information content (AvgIpc) is 3.06. The van der Waals surface area contributed by atoms with Gasteiger partial charge in [0.15, 0.2) is 11.6 Å². The highest BCUT2D eigenvalue weighted by atomic mass is 19.2. The summed E-state index contributed by atoms with van der Waals surface area (Å²) >= 11 is 0. The smallest absolute Gasteiger partial charge is 0.253 e. The number of carbonyl (C=O) groups is 1. The molecule has 1 saturated heterocycles. The summed E-state index contributed by atoms with van der Waals surface area (Å²) in [4.78, 5) is 17.3. The summed E-state index contributed by atoms with van der Waals surface area (Å²) in [5.74, 6) is -2.34. The average molecular weight is 358 g/mol. The number of benzene rings is 2. The van der Waals surface area contributed by atoms with Crippen molar-refractivity contribution in [3.63, 3.8) is 0 Å². The molecule has 0 spiro atoms. The second-order valence-corrected chi connectivity index (χ2v) is 6.63. The van der Waals surface area contributed by atoms with Crippen molar-refractivity contribution in [2.75, 3.05) is 13.1 Å². The topological polar surface area (TPSA) is 36.1 Å². The largest absolute Gasteiger partial charge is 0.361 e. The Morgan fingerprint density at radius 1 is 1.00 bits per heavy atom. The molecule has 2 aromatic carbocycles. The lowest BCUT2D eigenvalue weighted by molar-refractivity contribution is 0.0712. The maximum Gasteiger partial charge on any atom is 0.253 e. The van der Waals surface area contributed by atoms with Crippen LogP contribution in [0.1, 0.15) is 34.7 Å². The number of piperidine rings is 1. The molecule has 6 heteroatoms. The third-order valence-corrected chi connectivity index (χ3v) is 5.06. The molecule has 26 heavy (non-hydrogen) atoms. The van der Waals surface area contributed by atoms with Crippen LogP contribution in [0.3, 0.4) is 0 Å². The minimum absolute atomic E-state index is 0.150. The fourth-order valence-corrected chi connectivity index (χ4v) is 3.66. The molecule has 1 aliphatic heterocycles. The Hall–Kier alpha value is -2.76. The molecular weight excluding hydrogens is 341 g/mol. The van der Waals surface area contributed by atoms with Crippen LogP contribution in [0, 0.1) is 17.5 Å². The highest BCUT2D eigenvalue weighted by Crippen LogP contribution is 2.33. The highest BCUT2D eigenvalue weighted by Gasteiger charge is 2.26. The van der Waals surface area contributed by atoms with Gasteiger partial charge >= 0.3 is 0 Å². The molecule has 2 heterocycles. The number of amides is 1. The van der Waals surface area contributed by atoms with E-state index >= 15 is 0 Å². The summed E-state index contributed by atoms with van der Waals surface area (Å²) in [6, 6.07) is 7.87. The second-order valence-electron chi connectivity index (χ2n) is 6.63. The van der Waals surface area contributed by atoms with E-state index in [0.29, 0.717) is 13.1 Å². The van der Waals surface area contributed by atoms with Gasteiger partial charge in [0, 0.05) is 35.8 Å². The normalized spacial score (nSPS) is 15.6. The maximum atomic E-state index is 13.6. The van der Waals surface area contributed by atoms with Crippen molar-refractivity contribution in [3.8, 4) is 0 Å². The van der Waals surface area contributed by atoms with Crippen molar-refractivity contribution in [2.45, 2.75) is 18.8 Å². The first-order chi connectivity index (χ1) is 12.5. The molecule has 0 bridgehead atoms. The molecule has 0 radical (unpaired) electrons. The number of rotatable bonds is 2. The van der Waals surface area contributed by atoms with Gasteiger partial charge in [-0.05, 0) is 60.7 Å². The van der Waals surface area contributed by atoms with E-state index in [1.807, 2.05) is 6.20 Å². The Labute approximate surface area is 148 Å². The van der Waals surface area contributed by atoms with E-state index in [2.05, 4.69) is 4.98 Å². The van der Waals surface area contributed by atoms with Crippen LogP contribution in [-0.2, 0) is 0 Å². The number of nitrogens with one attached hydrogen (secondary N) is 1. The van der Waals surface area contributed by atoms with Gasteiger partial charge in [-0.2, -0.15) is 0 Å². The summed E-state index contributed by atoms with van der Waals surface area (Å²) < 4.78 is 39.9. The van der Waals surface area contributed by atoms with Crippen LogP contribution < -0.4 is 0 Å². The van der Waals surface area contributed by atoms with Crippen molar-refractivity contribution in [1.82, 2.24) is 9.88 Å². The van der Waals surface area contributed by atoms with E-state index in [4.69, 9.17) is 0 Å². The van der Waals surface area contributed by atoms with Crippen LogP contribution in [0.15, 0.2) is 42.6 Å². The molecule has 3 nitrogen and oxygen atoms in total. The number of halogens is 3. The van der Waals surface area contributed by atoms with Crippen LogP contribution in [0.5, 0.6) is 0 Å². The summed E-state index contributed by atoms with van der Waals surface area (Å²) in [6.07, 6.45) is 3.37. The number of likely N-dealkylation sites (tertiary alicyclic amines) is 1. The fraction of sp³-hybridized carbons (Fsp3) is 0.250. The number of fused-ring (bicyclic) bond motifs is 1. The minimum Gasteiger partial charge on any atom is -0.361 e. The Bertz CT molecular complexity index is 974. The van der Waals surface area contributed by atoms with Crippen LogP contribution >= 0.6 is 0 Å². The zero-order valence-electron chi connectivity index (χ0n) is 13.9. The summed E-state index contributed by atoms with van der Waals surface area (Å²) in [7, 11) is 0. The first-order valence-electron chi connectivity index (χ1n) is 8.54. The Morgan fingerprint density at radius 3 is 2.50 bits per heavy atom. The molecule has 1 fully saturated rings. The van der Waals surface area contributed by atoms with Gasteiger partial charge in [0.05, 0.1) is 0 Å². The second kappa shape index (κ2) is 6.52. The molecule has 3 aromatic rings. The minimum atomic E-state index is -1.02. The van der Waals surface area contributed by atoms with E-state index in [-0.39, 0.29) is 23.2 Å². The number of H-pyrrole nitrogens is 1.